The van der Waals surface area contributed by atoms with Crippen LogP contribution in [0.15, 0.2) is 65.6 Å². The smallest absolute Gasteiger partial charge is 0.276 e. The molecular weight excluding hydrogens is 320 g/mol. The number of hydrogen-bond donors (Lipinski definition) is 1. The Kier molecular flexibility index (Phi) is 4.84. The number of methoxy groups -OCH3 is 1. The number of aromatic nitrogens is 3. The number of benzene rings is 1. The molecule has 1 aromatic carbocycles. The minimum Gasteiger partial charge on any atom is -0.481 e. The highest BCUT2D eigenvalue weighted by Crippen LogP contribution is 2.11. The van der Waals surface area contributed by atoms with Crippen molar-refractivity contribution in [1.29, 1.82) is 0 Å². The van der Waals surface area contributed by atoms with E-state index in [0.29, 0.717) is 18.1 Å². The van der Waals surface area contributed by atoms with Crippen LogP contribution in [0, 0.1) is 0 Å². The van der Waals surface area contributed by atoms with Gasteiger partial charge in [-0.25, -0.2) is 9.67 Å². The predicted molar refractivity (Wildman–Crippen MR) is 92.8 cm³/mol. The fourth-order valence-corrected chi connectivity index (χ4v) is 2.21. The third-order valence-electron chi connectivity index (χ3n) is 3.48. The van der Waals surface area contributed by atoms with Crippen LogP contribution in [0.3, 0.4) is 0 Å². The van der Waals surface area contributed by atoms with Crippen LogP contribution >= 0.6 is 0 Å². The van der Waals surface area contributed by atoms with Crippen LogP contribution in [0.4, 0.5) is 5.69 Å². The summed E-state index contributed by atoms with van der Waals surface area (Å²) in [5.41, 5.74) is 1.31. The molecule has 0 atom stereocenters. The quantitative estimate of drug-likeness (QED) is 0.769. The molecule has 0 fully saturated rings. The summed E-state index contributed by atoms with van der Waals surface area (Å²) in [7, 11) is 1.51. The van der Waals surface area contributed by atoms with Crippen LogP contribution in [0.1, 0.15) is 16.1 Å². The Bertz CT molecular complexity index is 921. The first-order valence-electron chi connectivity index (χ1n) is 7.59. The molecule has 2 aromatic heterocycles. The molecule has 7 nitrogen and oxygen atoms in total. The van der Waals surface area contributed by atoms with E-state index in [1.54, 1.807) is 12.1 Å². The van der Waals surface area contributed by atoms with Crippen molar-refractivity contribution in [2.24, 2.45) is 0 Å². The number of hydrogen-bond acceptors (Lipinski definition) is 5. The molecule has 1 amide bonds. The normalized spacial score (nSPS) is 10.3. The second-order valence-electron chi connectivity index (χ2n) is 5.24. The van der Waals surface area contributed by atoms with Crippen LogP contribution in [-0.4, -0.2) is 27.8 Å². The van der Waals surface area contributed by atoms with Crippen molar-refractivity contribution in [2.75, 3.05) is 12.4 Å². The largest absolute Gasteiger partial charge is 0.481 e. The summed E-state index contributed by atoms with van der Waals surface area (Å²) in [6.45, 7) is 0.297. The molecule has 0 aliphatic heterocycles. The fraction of sp³-hybridized carbons (Fsp3) is 0.111. The maximum absolute atomic E-state index is 12.3. The molecule has 0 spiro atoms. The Balaban J connectivity index is 1.78. The van der Waals surface area contributed by atoms with Crippen molar-refractivity contribution in [3.05, 3.63) is 82.4 Å². The summed E-state index contributed by atoms with van der Waals surface area (Å²) in [6.07, 6.45) is 1.48. The first kappa shape index (κ1) is 16.4. The topological polar surface area (TPSA) is 86.1 Å². The predicted octanol–water partition coefficient (Wildman–Crippen LogP) is 1.95. The highest BCUT2D eigenvalue weighted by atomic mass is 16.5. The van der Waals surface area contributed by atoms with Gasteiger partial charge in [-0.15, -0.1) is 0 Å². The lowest BCUT2D eigenvalue weighted by Crippen LogP contribution is -2.26. The van der Waals surface area contributed by atoms with E-state index in [2.05, 4.69) is 15.4 Å². The zero-order valence-corrected chi connectivity index (χ0v) is 13.5. The standard InChI is InChI=1S/C18H16N4O3/c1-25-16-9-7-14(11-19-16)20-18(24)15-8-10-17(23)22(21-15)12-13-5-3-2-4-6-13/h2-11H,12H2,1H3,(H,20,24). The molecule has 3 rings (SSSR count). The lowest BCUT2D eigenvalue weighted by atomic mass is 10.2. The van der Waals surface area contributed by atoms with Crippen molar-refractivity contribution in [1.82, 2.24) is 14.8 Å². The number of rotatable bonds is 5. The molecule has 7 heteroatoms. The molecule has 25 heavy (non-hydrogen) atoms. The molecule has 0 saturated heterocycles. The van der Waals surface area contributed by atoms with Gasteiger partial charge in [0.2, 0.25) is 5.88 Å². The molecule has 0 aliphatic carbocycles. The third-order valence-corrected chi connectivity index (χ3v) is 3.48. The van der Waals surface area contributed by atoms with Gasteiger partial charge in [-0.1, -0.05) is 30.3 Å². The first-order valence-corrected chi connectivity index (χ1v) is 7.59. The highest BCUT2D eigenvalue weighted by molar-refractivity contribution is 6.02. The molecule has 1 N–H and O–H groups in total. The fourth-order valence-electron chi connectivity index (χ4n) is 2.21. The number of nitrogens with zero attached hydrogens (tertiary/aromatic N) is 3. The first-order chi connectivity index (χ1) is 12.2. The minimum atomic E-state index is -0.422. The molecule has 3 aromatic rings. The Morgan fingerprint density at radius 2 is 1.92 bits per heavy atom. The number of ether oxygens (including phenoxy) is 1. The maximum atomic E-state index is 12.3. The zero-order chi connectivity index (χ0) is 17.6. The van der Waals surface area contributed by atoms with Gasteiger partial charge >= 0.3 is 0 Å². The van der Waals surface area contributed by atoms with Gasteiger partial charge in [-0.2, -0.15) is 5.10 Å². The second-order valence-corrected chi connectivity index (χ2v) is 5.24. The van der Waals surface area contributed by atoms with E-state index in [0.717, 1.165) is 5.56 Å². The van der Waals surface area contributed by atoms with Gasteiger partial charge in [-0.05, 0) is 17.7 Å². The van der Waals surface area contributed by atoms with Gasteiger partial charge < -0.3 is 10.1 Å². The average Bonchev–Trinajstić information content (AvgIpc) is 2.65. The number of nitrogens with one attached hydrogen (secondary N) is 1. The van der Waals surface area contributed by atoms with Crippen LogP contribution < -0.4 is 15.6 Å². The van der Waals surface area contributed by atoms with E-state index in [9.17, 15) is 9.59 Å². The lowest BCUT2D eigenvalue weighted by Gasteiger charge is -2.08. The highest BCUT2D eigenvalue weighted by Gasteiger charge is 2.11. The SMILES string of the molecule is COc1ccc(NC(=O)c2ccc(=O)n(Cc3ccccc3)n2)cn1. The maximum Gasteiger partial charge on any atom is 0.276 e. The molecular formula is C18H16N4O3. The summed E-state index contributed by atoms with van der Waals surface area (Å²) in [4.78, 5) is 28.3. The summed E-state index contributed by atoms with van der Waals surface area (Å²) in [5, 5.41) is 6.83. The van der Waals surface area contributed by atoms with Crippen molar-refractivity contribution in [3.8, 4) is 5.88 Å². The summed E-state index contributed by atoms with van der Waals surface area (Å²) in [6, 6.07) is 15.5. The van der Waals surface area contributed by atoms with Crippen LogP contribution in [0.25, 0.3) is 0 Å². The number of carbonyl (C=O) groups excluding carboxylic acids is 1. The summed E-state index contributed by atoms with van der Waals surface area (Å²) in [5.74, 6) is 0.0290. The van der Waals surface area contributed by atoms with Gasteiger partial charge in [0, 0.05) is 12.1 Å². The van der Waals surface area contributed by atoms with Crippen molar-refractivity contribution in [3.63, 3.8) is 0 Å². The molecule has 0 unspecified atom stereocenters. The Hall–Kier alpha value is -3.48. The molecule has 0 radical (unpaired) electrons. The second kappa shape index (κ2) is 7.39. The molecule has 0 saturated carbocycles. The van der Waals surface area contributed by atoms with Crippen molar-refractivity contribution < 1.29 is 9.53 Å². The Labute approximate surface area is 143 Å². The van der Waals surface area contributed by atoms with Gasteiger partial charge in [0.15, 0.2) is 0 Å². The van der Waals surface area contributed by atoms with E-state index in [1.807, 2.05) is 30.3 Å². The van der Waals surface area contributed by atoms with Crippen LogP contribution in [0.5, 0.6) is 5.88 Å². The van der Waals surface area contributed by atoms with Crippen molar-refractivity contribution >= 4 is 11.6 Å². The van der Waals surface area contributed by atoms with Gasteiger partial charge in [0.05, 0.1) is 25.5 Å². The van der Waals surface area contributed by atoms with Gasteiger partial charge in [-0.3, -0.25) is 9.59 Å². The van der Waals surface area contributed by atoms with E-state index >= 15 is 0 Å². The number of amides is 1. The number of pyridine rings is 1. The minimum absolute atomic E-state index is 0.145. The third kappa shape index (κ3) is 4.08. The van der Waals surface area contributed by atoms with Crippen LogP contribution in [-0.2, 0) is 6.54 Å². The molecule has 0 bridgehead atoms. The lowest BCUT2D eigenvalue weighted by molar-refractivity contribution is 0.102. The van der Waals surface area contributed by atoms with Gasteiger partial charge in [0.25, 0.3) is 11.5 Å². The van der Waals surface area contributed by atoms with Crippen LogP contribution in [0.2, 0.25) is 0 Å². The molecule has 126 valence electrons. The zero-order valence-electron chi connectivity index (χ0n) is 13.5. The number of anilines is 1. The molecule has 2 heterocycles. The van der Waals surface area contributed by atoms with E-state index in [4.69, 9.17) is 4.74 Å². The Morgan fingerprint density at radius 1 is 1.12 bits per heavy atom. The van der Waals surface area contributed by atoms with Gasteiger partial charge in [0.1, 0.15) is 5.69 Å². The number of carbonyl (C=O) groups is 1. The summed E-state index contributed by atoms with van der Waals surface area (Å²) >= 11 is 0. The average molecular weight is 336 g/mol. The van der Waals surface area contributed by atoms with E-state index in [1.165, 1.54) is 30.1 Å². The van der Waals surface area contributed by atoms with E-state index in [-0.39, 0.29) is 11.3 Å². The van der Waals surface area contributed by atoms with Crippen molar-refractivity contribution in [2.45, 2.75) is 6.54 Å². The Morgan fingerprint density at radius 3 is 2.60 bits per heavy atom. The van der Waals surface area contributed by atoms with E-state index < -0.39 is 5.91 Å². The summed E-state index contributed by atoms with van der Waals surface area (Å²) < 4.78 is 6.23. The monoisotopic (exact) mass is 336 g/mol. The molecule has 0 aliphatic rings.